The predicted octanol–water partition coefficient (Wildman–Crippen LogP) is 4.82. The number of piperidine rings is 1. The zero-order valence-electron chi connectivity index (χ0n) is 18.2. The number of anilines is 1. The monoisotopic (exact) mass is 413 g/mol. The Balaban J connectivity index is 1.11. The van der Waals surface area contributed by atoms with Crippen LogP contribution in [0.4, 0.5) is 5.69 Å². The van der Waals surface area contributed by atoms with Crippen LogP contribution in [0.3, 0.4) is 0 Å². The average Bonchev–Trinajstić information content (AvgIpc) is 3.25. The molecular weight excluding hydrogens is 382 g/mol. The van der Waals surface area contributed by atoms with E-state index in [4.69, 9.17) is 0 Å². The molecule has 2 aromatic carbocycles. The number of benzene rings is 2. The molecule has 0 bridgehead atoms. The number of aryl methyl sites for hydroxylation is 2. The van der Waals surface area contributed by atoms with Crippen molar-refractivity contribution in [1.82, 2.24) is 9.88 Å². The van der Waals surface area contributed by atoms with Gasteiger partial charge in [0.1, 0.15) is 0 Å². The second kappa shape index (κ2) is 7.83. The van der Waals surface area contributed by atoms with Crippen LogP contribution in [0.2, 0.25) is 0 Å². The quantitative estimate of drug-likeness (QED) is 0.666. The molecule has 160 valence electrons. The molecule has 4 heteroatoms. The van der Waals surface area contributed by atoms with E-state index in [-0.39, 0.29) is 0 Å². The van der Waals surface area contributed by atoms with Crippen LogP contribution in [-0.4, -0.2) is 42.0 Å². The lowest BCUT2D eigenvalue weighted by Crippen LogP contribution is -2.39. The summed E-state index contributed by atoms with van der Waals surface area (Å²) in [5, 5.41) is 1.40. The van der Waals surface area contributed by atoms with Gasteiger partial charge in [0, 0.05) is 36.6 Å². The second-order valence-electron chi connectivity index (χ2n) is 9.57. The Bertz CT molecular complexity index is 1110. The van der Waals surface area contributed by atoms with Gasteiger partial charge in [0.2, 0.25) is 5.91 Å². The van der Waals surface area contributed by atoms with Gasteiger partial charge in [0.15, 0.2) is 0 Å². The fourth-order valence-corrected chi connectivity index (χ4v) is 6.06. The van der Waals surface area contributed by atoms with E-state index in [1.165, 1.54) is 64.8 Å². The lowest BCUT2D eigenvalue weighted by Gasteiger charge is -2.36. The first-order valence-electron chi connectivity index (χ1n) is 12.0. The highest BCUT2D eigenvalue weighted by molar-refractivity contribution is 5.97. The van der Waals surface area contributed by atoms with Gasteiger partial charge in [-0.3, -0.25) is 4.79 Å². The molecule has 0 saturated carbocycles. The maximum Gasteiger partial charge on any atom is 0.227 e. The Kier molecular flexibility index (Phi) is 4.83. The molecule has 1 N–H and O–H groups in total. The summed E-state index contributed by atoms with van der Waals surface area (Å²) in [7, 11) is 0. The summed E-state index contributed by atoms with van der Waals surface area (Å²) in [6.07, 6.45) is 9.66. The molecule has 4 heterocycles. The summed E-state index contributed by atoms with van der Waals surface area (Å²) in [6, 6.07) is 13.5. The molecule has 0 unspecified atom stereocenters. The first-order chi connectivity index (χ1) is 15.3. The molecule has 6 rings (SSSR count). The van der Waals surface area contributed by atoms with Crippen LogP contribution in [-0.2, 0) is 24.1 Å². The van der Waals surface area contributed by atoms with E-state index < -0.39 is 0 Å². The second-order valence-corrected chi connectivity index (χ2v) is 9.57. The lowest BCUT2D eigenvalue weighted by molar-refractivity contribution is -0.119. The van der Waals surface area contributed by atoms with Crippen LogP contribution in [0, 0.1) is 0 Å². The molecule has 3 aliphatic heterocycles. The van der Waals surface area contributed by atoms with Crippen molar-refractivity contribution in [2.75, 3.05) is 31.1 Å². The van der Waals surface area contributed by atoms with E-state index in [2.05, 4.69) is 57.4 Å². The molecule has 1 aromatic heterocycles. The molecule has 0 aliphatic carbocycles. The zero-order chi connectivity index (χ0) is 20.8. The Hall–Kier alpha value is -2.59. The number of fused-ring (bicyclic) bond motifs is 1. The Morgan fingerprint density at radius 3 is 2.65 bits per heavy atom. The van der Waals surface area contributed by atoms with E-state index in [1.807, 2.05) is 0 Å². The number of aromatic amines is 1. The van der Waals surface area contributed by atoms with Gasteiger partial charge in [-0.15, -0.1) is 0 Å². The minimum Gasteiger partial charge on any atom is -0.361 e. The molecular formula is C27H31N3O. The number of para-hydroxylation sites is 1. The summed E-state index contributed by atoms with van der Waals surface area (Å²) in [6.45, 7) is 4.42. The largest absolute Gasteiger partial charge is 0.361 e. The van der Waals surface area contributed by atoms with Gasteiger partial charge in [-0.05, 0) is 85.9 Å². The van der Waals surface area contributed by atoms with Crippen molar-refractivity contribution in [1.29, 1.82) is 0 Å². The minimum atomic E-state index is 0.319. The smallest absolute Gasteiger partial charge is 0.227 e. The molecule has 1 saturated heterocycles. The van der Waals surface area contributed by atoms with Crippen LogP contribution in [0.15, 0.2) is 42.6 Å². The summed E-state index contributed by atoms with van der Waals surface area (Å²) in [5.74, 6) is 0.989. The molecule has 3 aromatic rings. The number of hydrogen-bond donors (Lipinski definition) is 1. The number of nitrogens with one attached hydrogen (secondary N) is 1. The zero-order valence-corrected chi connectivity index (χ0v) is 18.2. The van der Waals surface area contributed by atoms with Crippen LogP contribution in [0.5, 0.6) is 0 Å². The van der Waals surface area contributed by atoms with Gasteiger partial charge >= 0.3 is 0 Å². The van der Waals surface area contributed by atoms with Crippen molar-refractivity contribution in [2.45, 2.75) is 50.9 Å². The number of carbonyl (C=O) groups excluding carboxylic acids is 1. The standard InChI is InChI=1S/C27H31N3O/c31-26-8-7-22-17-19(16-21-4-3-12-30(26)27(21)22)9-13-29-14-10-20(11-15-29)24-18-28-25-6-2-1-5-23(24)25/h1-2,5-6,16-18,20,28H,3-4,7-15H2. The van der Waals surface area contributed by atoms with Crippen molar-refractivity contribution in [3.05, 3.63) is 64.8 Å². The van der Waals surface area contributed by atoms with Gasteiger partial charge in [0.25, 0.3) is 0 Å². The van der Waals surface area contributed by atoms with Crippen LogP contribution in [0.1, 0.15) is 53.9 Å². The first-order valence-corrected chi connectivity index (χ1v) is 12.0. The highest BCUT2D eigenvalue weighted by Gasteiger charge is 2.29. The van der Waals surface area contributed by atoms with Crippen molar-refractivity contribution >= 4 is 22.5 Å². The van der Waals surface area contributed by atoms with Gasteiger partial charge < -0.3 is 14.8 Å². The van der Waals surface area contributed by atoms with Crippen LogP contribution in [0.25, 0.3) is 10.9 Å². The van der Waals surface area contributed by atoms with E-state index >= 15 is 0 Å². The Labute approximate surface area is 184 Å². The highest BCUT2D eigenvalue weighted by Crippen LogP contribution is 2.37. The highest BCUT2D eigenvalue weighted by atomic mass is 16.2. The van der Waals surface area contributed by atoms with Crippen molar-refractivity contribution < 1.29 is 4.79 Å². The molecule has 3 aliphatic rings. The fourth-order valence-electron chi connectivity index (χ4n) is 6.06. The van der Waals surface area contributed by atoms with E-state index in [0.717, 1.165) is 38.8 Å². The van der Waals surface area contributed by atoms with Gasteiger partial charge in [-0.2, -0.15) is 0 Å². The number of hydrogen-bond acceptors (Lipinski definition) is 2. The first kappa shape index (κ1) is 19.1. The Morgan fingerprint density at radius 2 is 1.77 bits per heavy atom. The molecule has 0 radical (unpaired) electrons. The summed E-state index contributed by atoms with van der Waals surface area (Å²) >= 11 is 0. The number of aromatic nitrogens is 1. The van der Waals surface area contributed by atoms with Gasteiger partial charge in [-0.1, -0.05) is 30.3 Å². The third-order valence-electron chi connectivity index (χ3n) is 7.70. The van der Waals surface area contributed by atoms with Gasteiger partial charge in [-0.25, -0.2) is 0 Å². The number of amides is 1. The third kappa shape index (κ3) is 3.47. The SMILES string of the molecule is O=C1CCc2cc(CCN3CCC(c4c[nH]c5ccccc45)CC3)cc3c2N1CCC3. The number of rotatable bonds is 4. The molecule has 0 spiro atoms. The molecule has 0 atom stereocenters. The van der Waals surface area contributed by atoms with Crippen molar-refractivity contribution in [2.24, 2.45) is 0 Å². The average molecular weight is 414 g/mol. The Morgan fingerprint density at radius 1 is 0.968 bits per heavy atom. The summed E-state index contributed by atoms with van der Waals surface area (Å²) in [4.78, 5) is 20.4. The van der Waals surface area contributed by atoms with Crippen molar-refractivity contribution in [3.8, 4) is 0 Å². The molecule has 1 amide bonds. The lowest BCUT2D eigenvalue weighted by atomic mass is 9.88. The van der Waals surface area contributed by atoms with Crippen LogP contribution >= 0.6 is 0 Å². The minimum absolute atomic E-state index is 0.319. The van der Waals surface area contributed by atoms with Crippen LogP contribution < -0.4 is 4.90 Å². The van der Waals surface area contributed by atoms with E-state index in [9.17, 15) is 4.79 Å². The molecule has 31 heavy (non-hydrogen) atoms. The number of carbonyl (C=O) groups is 1. The number of H-pyrrole nitrogens is 1. The summed E-state index contributed by atoms with van der Waals surface area (Å²) < 4.78 is 0. The number of likely N-dealkylation sites (tertiary alicyclic amines) is 1. The maximum atomic E-state index is 12.3. The van der Waals surface area contributed by atoms with Gasteiger partial charge in [0.05, 0.1) is 5.69 Å². The normalized spacial score (nSPS) is 19.7. The fraction of sp³-hybridized carbons (Fsp3) is 0.444. The topological polar surface area (TPSA) is 39.3 Å². The van der Waals surface area contributed by atoms with E-state index in [1.54, 1.807) is 0 Å². The molecule has 4 nitrogen and oxygen atoms in total. The van der Waals surface area contributed by atoms with Crippen molar-refractivity contribution in [3.63, 3.8) is 0 Å². The third-order valence-corrected chi connectivity index (χ3v) is 7.70. The predicted molar refractivity (Wildman–Crippen MR) is 126 cm³/mol. The summed E-state index contributed by atoms with van der Waals surface area (Å²) in [5.41, 5.74) is 8.30. The maximum absolute atomic E-state index is 12.3. The molecule has 1 fully saturated rings. The van der Waals surface area contributed by atoms with E-state index in [0.29, 0.717) is 18.2 Å². The number of nitrogens with zero attached hydrogens (tertiary/aromatic N) is 2.